The van der Waals surface area contributed by atoms with Crippen molar-refractivity contribution in [2.75, 3.05) is 0 Å². The highest BCUT2D eigenvalue weighted by molar-refractivity contribution is 5.87. The normalized spacial score (nSPS) is 29.4. The van der Waals surface area contributed by atoms with E-state index in [0.717, 1.165) is 12.3 Å². The number of rotatable bonds is 8. The van der Waals surface area contributed by atoms with Crippen molar-refractivity contribution in [1.29, 1.82) is 0 Å². The summed E-state index contributed by atoms with van der Waals surface area (Å²) >= 11 is 0. The molecule has 2 aliphatic carbocycles. The van der Waals surface area contributed by atoms with E-state index in [9.17, 15) is 9.59 Å². The van der Waals surface area contributed by atoms with E-state index in [1.807, 2.05) is 6.08 Å². The van der Waals surface area contributed by atoms with E-state index in [1.165, 1.54) is 25.7 Å². The van der Waals surface area contributed by atoms with Crippen molar-refractivity contribution in [2.24, 2.45) is 35.5 Å². The van der Waals surface area contributed by atoms with Crippen LogP contribution in [0, 0.1) is 35.5 Å². The lowest BCUT2D eigenvalue weighted by molar-refractivity contribution is -0.123. The third-order valence-corrected chi connectivity index (χ3v) is 6.05. The van der Waals surface area contributed by atoms with E-state index >= 15 is 0 Å². The maximum atomic E-state index is 11.7. The van der Waals surface area contributed by atoms with Crippen molar-refractivity contribution in [1.82, 2.24) is 0 Å². The molecule has 142 valence electrons. The molecule has 2 rings (SSSR count). The van der Waals surface area contributed by atoms with Gasteiger partial charge in [-0.2, -0.15) is 0 Å². The van der Waals surface area contributed by atoms with Crippen LogP contribution in [0.2, 0.25) is 0 Å². The molecule has 0 aromatic carbocycles. The van der Waals surface area contributed by atoms with Crippen molar-refractivity contribution in [2.45, 2.75) is 73.6 Å². The van der Waals surface area contributed by atoms with E-state index in [4.69, 9.17) is 0 Å². The average molecular weight is 347 g/mol. The third kappa shape index (κ3) is 6.92. The summed E-state index contributed by atoms with van der Waals surface area (Å²) < 4.78 is 0. The van der Waals surface area contributed by atoms with Gasteiger partial charge in [0, 0.05) is 5.92 Å². The molecule has 0 saturated heterocycles. The maximum Gasteiger partial charge on any atom is 0.152 e. The molecule has 0 radical (unpaired) electrons. The Balaban J connectivity index is 0.000000275. The molecule has 2 bridgehead atoms. The molecule has 0 heterocycles. The molecule has 2 nitrogen and oxygen atoms in total. The Morgan fingerprint density at radius 2 is 1.64 bits per heavy atom. The molecule has 2 aliphatic rings. The summed E-state index contributed by atoms with van der Waals surface area (Å²) in [6, 6.07) is 0. The maximum absolute atomic E-state index is 11.7. The average Bonchev–Trinajstić information content (AvgIpc) is 3.15. The Morgan fingerprint density at radius 1 is 1.04 bits per heavy atom. The number of fused-ring (bicyclic) bond motifs is 2. The van der Waals surface area contributed by atoms with Gasteiger partial charge in [-0.05, 0) is 68.8 Å². The van der Waals surface area contributed by atoms with Crippen molar-refractivity contribution in [3.8, 4) is 0 Å². The molecule has 6 atom stereocenters. The number of ketones is 2. The summed E-state index contributed by atoms with van der Waals surface area (Å²) in [4.78, 5) is 22.1. The minimum atomic E-state index is 0.142. The molecule has 0 aromatic rings. The highest BCUT2D eigenvalue weighted by Gasteiger charge is 2.46. The van der Waals surface area contributed by atoms with E-state index in [-0.39, 0.29) is 5.78 Å². The number of hydrogen-bond donors (Lipinski definition) is 0. The first-order valence-electron chi connectivity index (χ1n) is 10.2. The topological polar surface area (TPSA) is 34.1 Å². The molecule has 2 heteroatoms. The first-order valence-corrected chi connectivity index (χ1v) is 10.2. The standard InChI is InChI=1S/C14H22O.C9H16O/c1-4-9(2)7-13-11-5-6-12(8-11)14(13)10(3)15;1-4-8(2)6-5-7-9(3)10/h5-6,9,11-14H,4,7-8H2,1-3H3;5,7-8H,4,6H2,1-3H3/b;7-5+. The number of carbonyl (C=O) groups excluding carboxylic acids is 2. The van der Waals surface area contributed by atoms with Crippen LogP contribution in [0.1, 0.15) is 73.6 Å². The lowest BCUT2D eigenvalue weighted by Crippen LogP contribution is -2.27. The van der Waals surface area contributed by atoms with Gasteiger partial charge in [0.05, 0.1) is 0 Å². The van der Waals surface area contributed by atoms with E-state index < -0.39 is 0 Å². The van der Waals surface area contributed by atoms with Gasteiger partial charge < -0.3 is 0 Å². The zero-order chi connectivity index (χ0) is 19.0. The molecule has 6 unspecified atom stereocenters. The third-order valence-electron chi connectivity index (χ3n) is 6.05. The van der Waals surface area contributed by atoms with Gasteiger partial charge in [-0.1, -0.05) is 58.8 Å². The number of allylic oxidation sites excluding steroid dienone is 4. The van der Waals surface area contributed by atoms with Gasteiger partial charge in [0.15, 0.2) is 5.78 Å². The number of carbonyl (C=O) groups is 2. The van der Waals surface area contributed by atoms with Crippen LogP contribution in [0.25, 0.3) is 0 Å². The summed E-state index contributed by atoms with van der Waals surface area (Å²) in [7, 11) is 0. The van der Waals surface area contributed by atoms with E-state index in [2.05, 4.69) is 39.8 Å². The zero-order valence-electron chi connectivity index (χ0n) is 17.1. The van der Waals surface area contributed by atoms with Crippen LogP contribution in [0.5, 0.6) is 0 Å². The molecule has 1 fully saturated rings. The molecule has 0 aliphatic heterocycles. The van der Waals surface area contributed by atoms with Crippen molar-refractivity contribution in [3.63, 3.8) is 0 Å². The zero-order valence-corrected chi connectivity index (χ0v) is 17.1. The molecule has 0 N–H and O–H groups in total. The molecule has 0 aromatic heterocycles. The van der Waals surface area contributed by atoms with Gasteiger partial charge in [0.25, 0.3) is 0 Å². The first-order chi connectivity index (χ1) is 11.8. The second-order valence-corrected chi connectivity index (χ2v) is 8.26. The molecular formula is C23H38O2. The van der Waals surface area contributed by atoms with Crippen LogP contribution in [0.15, 0.2) is 24.3 Å². The molecule has 1 saturated carbocycles. The monoisotopic (exact) mass is 346 g/mol. The predicted molar refractivity (Wildman–Crippen MR) is 106 cm³/mol. The Labute approximate surface area is 155 Å². The smallest absolute Gasteiger partial charge is 0.152 e. The second-order valence-electron chi connectivity index (χ2n) is 8.26. The lowest BCUT2D eigenvalue weighted by atomic mass is 9.76. The highest BCUT2D eigenvalue weighted by atomic mass is 16.1. The van der Waals surface area contributed by atoms with Crippen LogP contribution < -0.4 is 0 Å². The van der Waals surface area contributed by atoms with Crippen molar-refractivity contribution >= 4 is 11.6 Å². The molecule has 0 spiro atoms. The van der Waals surface area contributed by atoms with Crippen LogP contribution in [0.4, 0.5) is 0 Å². The highest BCUT2D eigenvalue weighted by Crippen LogP contribution is 2.50. The quantitative estimate of drug-likeness (QED) is 0.398. The molecule has 0 amide bonds. The second kappa shape index (κ2) is 10.7. The van der Waals surface area contributed by atoms with E-state index in [1.54, 1.807) is 19.9 Å². The SMILES string of the molecule is CCC(C)C/C=C/C(C)=O.CCC(C)CC1C2C=CC(C2)C1C(C)=O. The minimum Gasteiger partial charge on any atom is -0.300 e. The van der Waals surface area contributed by atoms with Gasteiger partial charge in [-0.15, -0.1) is 0 Å². The van der Waals surface area contributed by atoms with Crippen LogP contribution in [0.3, 0.4) is 0 Å². The van der Waals surface area contributed by atoms with Gasteiger partial charge >= 0.3 is 0 Å². The molecule has 25 heavy (non-hydrogen) atoms. The Morgan fingerprint density at radius 3 is 2.16 bits per heavy atom. The molecular weight excluding hydrogens is 308 g/mol. The fraction of sp³-hybridized carbons (Fsp3) is 0.739. The summed E-state index contributed by atoms with van der Waals surface area (Å²) in [6.07, 6.45) is 14.2. The van der Waals surface area contributed by atoms with E-state index in [0.29, 0.717) is 35.4 Å². The Kier molecular flexibility index (Phi) is 9.38. The Hall–Kier alpha value is -1.18. The van der Waals surface area contributed by atoms with Gasteiger partial charge in [0.2, 0.25) is 0 Å². The van der Waals surface area contributed by atoms with Crippen LogP contribution >= 0.6 is 0 Å². The minimum absolute atomic E-state index is 0.142. The van der Waals surface area contributed by atoms with Crippen molar-refractivity contribution < 1.29 is 9.59 Å². The van der Waals surface area contributed by atoms with Gasteiger partial charge in [-0.3, -0.25) is 9.59 Å². The Bertz CT molecular complexity index is 488. The van der Waals surface area contributed by atoms with Crippen LogP contribution in [-0.4, -0.2) is 11.6 Å². The van der Waals surface area contributed by atoms with Gasteiger partial charge in [0.1, 0.15) is 5.78 Å². The fourth-order valence-corrected chi connectivity index (χ4v) is 4.11. The summed E-state index contributed by atoms with van der Waals surface area (Å²) in [5.74, 6) is 4.30. The van der Waals surface area contributed by atoms with Gasteiger partial charge in [-0.25, -0.2) is 0 Å². The first kappa shape index (κ1) is 21.9. The van der Waals surface area contributed by atoms with Crippen molar-refractivity contribution in [3.05, 3.63) is 24.3 Å². The lowest BCUT2D eigenvalue weighted by Gasteiger charge is -2.28. The number of Topliss-reactive ketones (excluding diaryl/α,β-unsaturated/α-hetero) is 1. The summed E-state index contributed by atoms with van der Waals surface area (Å²) in [5, 5.41) is 0. The largest absolute Gasteiger partial charge is 0.300 e. The predicted octanol–water partition coefficient (Wildman–Crippen LogP) is 6.02. The summed E-state index contributed by atoms with van der Waals surface area (Å²) in [6.45, 7) is 12.3. The van der Waals surface area contributed by atoms with Crippen LogP contribution in [-0.2, 0) is 9.59 Å². The fourth-order valence-electron chi connectivity index (χ4n) is 4.11. The summed E-state index contributed by atoms with van der Waals surface area (Å²) in [5.41, 5.74) is 0. The number of hydrogen-bond acceptors (Lipinski definition) is 2.